The summed E-state index contributed by atoms with van der Waals surface area (Å²) in [5, 5.41) is 0. The SMILES string of the molecule is C[N+](C)(C)CC(=O)OCc1ccccc1.[Cl-]. The number of hydrogen-bond acceptors (Lipinski definition) is 2. The predicted octanol–water partition coefficient (Wildman–Crippen LogP) is -1.56. The number of carbonyl (C=O) groups is 1. The number of rotatable bonds is 4. The predicted molar refractivity (Wildman–Crippen MR) is 59.1 cm³/mol. The van der Waals surface area contributed by atoms with Crippen LogP contribution in [0.1, 0.15) is 5.56 Å². The van der Waals surface area contributed by atoms with Crippen LogP contribution in [0.2, 0.25) is 0 Å². The Balaban J connectivity index is 0.00000225. The first-order chi connectivity index (χ1) is 6.97. The zero-order valence-corrected chi connectivity index (χ0v) is 10.7. The average molecular weight is 244 g/mol. The van der Waals surface area contributed by atoms with Crippen LogP contribution in [0.25, 0.3) is 0 Å². The normalized spacial score (nSPS) is 10.4. The van der Waals surface area contributed by atoms with Gasteiger partial charge in [0, 0.05) is 0 Å². The molecule has 0 bridgehead atoms. The molecule has 0 unspecified atom stereocenters. The number of ether oxygens (including phenoxy) is 1. The Bertz CT molecular complexity index is 320. The van der Waals surface area contributed by atoms with Crippen LogP contribution in [0.5, 0.6) is 0 Å². The molecule has 1 rings (SSSR count). The van der Waals surface area contributed by atoms with Crippen molar-refractivity contribution in [2.24, 2.45) is 0 Å². The number of quaternary nitrogens is 1. The summed E-state index contributed by atoms with van der Waals surface area (Å²) in [7, 11) is 5.89. The molecule has 0 heterocycles. The van der Waals surface area contributed by atoms with Gasteiger partial charge in [0.05, 0.1) is 21.1 Å². The lowest BCUT2D eigenvalue weighted by Gasteiger charge is -2.22. The van der Waals surface area contributed by atoms with Crippen molar-refractivity contribution >= 4 is 5.97 Å². The lowest BCUT2D eigenvalue weighted by Crippen LogP contribution is -3.00. The van der Waals surface area contributed by atoms with Gasteiger partial charge in [-0.15, -0.1) is 0 Å². The number of carbonyl (C=O) groups excluding carboxylic acids is 1. The lowest BCUT2D eigenvalue weighted by atomic mass is 10.2. The van der Waals surface area contributed by atoms with Gasteiger partial charge in [-0.25, -0.2) is 4.79 Å². The molecule has 1 aromatic rings. The molecule has 0 aliphatic carbocycles. The van der Waals surface area contributed by atoms with E-state index in [1.807, 2.05) is 51.5 Å². The van der Waals surface area contributed by atoms with E-state index in [0.717, 1.165) is 5.56 Å². The van der Waals surface area contributed by atoms with Crippen LogP contribution in [0.4, 0.5) is 0 Å². The van der Waals surface area contributed by atoms with Crippen molar-refractivity contribution in [1.29, 1.82) is 0 Å². The van der Waals surface area contributed by atoms with Gasteiger partial charge in [-0.05, 0) is 5.56 Å². The minimum absolute atomic E-state index is 0. The van der Waals surface area contributed by atoms with E-state index in [9.17, 15) is 4.79 Å². The highest BCUT2D eigenvalue weighted by molar-refractivity contribution is 5.70. The molecule has 3 nitrogen and oxygen atoms in total. The molecule has 0 fully saturated rings. The average Bonchev–Trinajstić information content (AvgIpc) is 2.14. The maximum absolute atomic E-state index is 11.4. The smallest absolute Gasteiger partial charge is 0.362 e. The molecule has 90 valence electrons. The molecule has 0 aromatic heterocycles. The molecule has 4 heteroatoms. The number of hydrogen-bond donors (Lipinski definition) is 0. The second-order valence-corrected chi connectivity index (χ2v) is 4.59. The van der Waals surface area contributed by atoms with Gasteiger partial charge in [-0.3, -0.25) is 0 Å². The van der Waals surface area contributed by atoms with Crippen LogP contribution < -0.4 is 12.4 Å². The van der Waals surface area contributed by atoms with E-state index in [1.54, 1.807) is 0 Å². The van der Waals surface area contributed by atoms with Gasteiger partial charge in [0.2, 0.25) is 0 Å². The minimum Gasteiger partial charge on any atom is -1.00 e. The van der Waals surface area contributed by atoms with Crippen LogP contribution in [0, 0.1) is 0 Å². The van der Waals surface area contributed by atoms with Crippen LogP contribution in [-0.4, -0.2) is 38.1 Å². The van der Waals surface area contributed by atoms with Gasteiger partial charge in [-0.2, -0.15) is 0 Å². The molecular formula is C12H18ClNO2. The van der Waals surface area contributed by atoms with Crippen molar-refractivity contribution in [2.45, 2.75) is 6.61 Å². The molecule has 0 aliphatic rings. The molecule has 0 saturated carbocycles. The van der Waals surface area contributed by atoms with Crippen molar-refractivity contribution < 1.29 is 26.4 Å². The van der Waals surface area contributed by atoms with Crippen LogP contribution >= 0.6 is 0 Å². The molecule has 0 atom stereocenters. The Labute approximate surface area is 103 Å². The topological polar surface area (TPSA) is 26.3 Å². The first-order valence-electron chi connectivity index (χ1n) is 4.97. The monoisotopic (exact) mass is 243 g/mol. The van der Waals surface area contributed by atoms with Gasteiger partial charge < -0.3 is 21.6 Å². The Morgan fingerprint density at radius 2 is 1.75 bits per heavy atom. The highest BCUT2D eigenvalue weighted by Crippen LogP contribution is 2.01. The van der Waals surface area contributed by atoms with Crippen LogP contribution in [-0.2, 0) is 16.1 Å². The zero-order chi connectivity index (χ0) is 11.3. The molecule has 0 radical (unpaired) electrons. The molecule has 0 aliphatic heterocycles. The summed E-state index contributed by atoms with van der Waals surface area (Å²) < 4.78 is 5.74. The van der Waals surface area contributed by atoms with Gasteiger partial charge >= 0.3 is 5.97 Å². The summed E-state index contributed by atoms with van der Waals surface area (Å²) in [5.41, 5.74) is 1.02. The summed E-state index contributed by atoms with van der Waals surface area (Å²) in [4.78, 5) is 11.4. The van der Waals surface area contributed by atoms with Crippen molar-refractivity contribution in [3.05, 3.63) is 35.9 Å². The third-order valence-electron chi connectivity index (χ3n) is 1.85. The standard InChI is InChI=1S/C12H18NO2.ClH/c1-13(2,3)9-12(14)15-10-11-7-5-4-6-8-11;/h4-8H,9-10H2,1-3H3;1H/q+1;/p-1. The zero-order valence-electron chi connectivity index (χ0n) is 9.94. The number of benzene rings is 1. The molecule has 0 amide bonds. The first-order valence-corrected chi connectivity index (χ1v) is 4.97. The van der Waals surface area contributed by atoms with Gasteiger partial charge in [0.25, 0.3) is 0 Å². The maximum atomic E-state index is 11.4. The van der Waals surface area contributed by atoms with Crippen molar-refractivity contribution in [3.63, 3.8) is 0 Å². The van der Waals surface area contributed by atoms with E-state index in [0.29, 0.717) is 17.6 Å². The van der Waals surface area contributed by atoms with Crippen LogP contribution in [0.3, 0.4) is 0 Å². The lowest BCUT2D eigenvalue weighted by molar-refractivity contribution is -0.862. The number of esters is 1. The summed E-state index contributed by atoms with van der Waals surface area (Å²) in [6, 6.07) is 9.70. The minimum atomic E-state index is -0.161. The molecule has 16 heavy (non-hydrogen) atoms. The van der Waals surface area contributed by atoms with Gasteiger partial charge in [-0.1, -0.05) is 30.3 Å². The van der Waals surface area contributed by atoms with Crippen molar-refractivity contribution in [3.8, 4) is 0 Å². The number of likely N-dealkylation sites (N-methyl/N-ethyl adjacent to an activating group) is 1. The number of halogens is 1. The summed E-state index contributed by atoms with van der Waals surface area (Å²) in [6.45, 7) is 0.756. The highest BCUT2D eigenvalue weighted by Gasteiger charge is 2.15. The summed E-state index contributed by atoms with van der Waals surface area (Å²) in [6.07, 6.45) is 0. The Morgan fingerprint density at radius 1 is 1.19 bits per heavy atom. The third kappa shape index (κ3) is 6.43. The number of nitrogens with zero attached hydrogens (tertiary/aromatic N) is 1. The Hall–Kier alpha value is -1.06. The first kappa shape index (κ1) is 14.9. The molecule has 0 saturated heterocycles. The second-order valence-electron chi connectivity index (χ2n) is 4.59. The van der Waals surface area contributed by atoms with E-state index < -0.39 is 0 Å². The van der Waals surface area contributed by atoms with Gasteiger partial charge in [0.15, 0.2) is 6.54 Å². The van der Waals surface area contributed by atoms with E-state index >= 15 is 0 Å². The molecular weight excluding hydrogens is 226 g/mol. The van der Waals surface area contributed by atoms with Crippen molar-refractivity contribution in [2.75, 3.05) is 27.7 Å². The van der Waals surface area contributed by atoms with Crippen molar-refractivity contribution in [1.82, 2.24) is 0 Å². The summed E-state index contributed by atoms with van der Waals surface area (Å²) in [5.74, 6) is -0.161. The Morgan fingerprint density at radius 3 is 2.25 bits per heavy atom. The van der Waals surface area contributed by atoms with E-state index in [1.165, 1.54) is 0 Å². The molecule has 0 N–H and O–H groups in total. The molecule has 1 aromatic carbocycles. The fraction of sp³-hybridized carbons (Fsp3) is 0.417. The summed E-state index contributed by atoms with van der Waals surface area (Å²) >= 11 is 0. The van der Waals surface area contributed by atoms with E-state index in [-0.39, 0.29) is 18.4 Å². The van der Waals surface area contributed by atoms with Crippen LogP contribution in [0.15, 0.2) is 30.3 Å². The Kier molecular flexibility index (Phi) is 6.08. The highest BCUT2D eigenvalue weighted by atomic mass is 35.5. The largest absolute Gasteiger partial charge is 1.00 e. The van der Waals surface area contributed by atoms with E-state index in [2.05, 4.69) is 0 Å². The third-order valence-corrected chi connectivity index (χ3v) is 1.85. The quantitative estimate of drug-likeness (QED) is 0.472. The van der Waals surface area contributed by atoms with Gasteiger partial charge in [0.1, 0.15) is 6.61 Å². The fourth-order valence-corrected chi connectivity index (χ4v) is 1.17. The fourth-order valence-electron chi connectivity index (χ4n) is 1.17. The molecule has 0 spiro atoms. The maximum Gasteiger partial charge on any atom is 0.362 e. The second kappa shape index (κ2) is 6.51. The van der Waals surface area contributed by atoms with E-state index in [4.69, 9.17) is 4.74 Å².